The van der Waals surface area contributed by atoms with Gasteiger partial charge in [0.1, 0.15) is 0 Å². The van der Waals surface area contributed by atoms with Crippen LogP contribution in [0.5, 0.6) is 11.5 Å². The molecule has 0 bridgehead atoms. The molecular formula is C17H16Cl2N2O3. The number of anilines is 2. The maximum absolute atomic E-state index is 12.0. The molecule has 126 valence electrons. The van der Waals surface area contributed by atoms with E-state index in [0.29, 0.717) is 17.2 Å². The van der Waals surface area contributed by atoms with E-state index in [-0.39, 0.29) is 21.6 Å². The minimum atomic E-state index is -0.332. The first-order valence-corrected chi connectivity index (χ1v) is 7.65. The third-order valence-electron chi connectivity index (χ3n) is 3.18. The van der Waals surface area contributed by atoms with E-state index in [9.17, 15) is 4.79 Å². The lowest BCUT2D eigenvalue weighted by Gasteiger charge is -2.08. The number of halogens is 2. The Morgan fingerprint density at radius 2 is 1.71 bits per heavy atom. The van der Waals surface area contributed by atoms with Crippen molar-refractivity contribution in [2.75, 3.05) is 25.3 Å². The molecule has 0 unspecified atom stereocenters. The Morgan fingerprint density at radius 1 is 1.08 bits per heavy atom. The fraction of sp³-hybridized carbons (Fsp3) is 0.118. The molecule has 0 aromatic heterocycles. The van der Waals surface area contributed by atoms with Crippen LogP contribution >= 0.6 is 23.2 Å². The molecule has 1 amide bonds. The first-order valence-electron chi connectivity index (χ1n) is 6.90. The summed E-state index contributed by atoms with van der Waals surface area (Å²) in [5, 5.41) is 3.22. The van der Waals surface area contributed by atoms with E-state index in [4.69, 9.17) is 38.4 Å². The third-order valence-corrected chi connectivity index (χ3v) is 3.81. The summed E-state index contributed by atoms with van der Waals surface area (Å²) >= 11 is 11.9. The first kappa shape index (κ1) is 18.0. The molecule has 0 spiro atoms. The minimum absolute atomic E-state index is 0.275. The first-order chi connectivity index (χ1) is 11.4. The molecule has 2 aromatic carbocycles. The van der Waals surface area contributed by atoms with Crippen LogP contribution in [0.25, 0.3) is 6.08 Å². The monoisotopic (exact) mass is 366 g/mol. The molecule has 5 nitrogen and oxygen atoms in total. The van der Waals surface area contributed by atoms with Crippen LogP contribution < -0.4 is 20.5 Å². The molecule has 0 aliphatic rings. The summed E-state index contributed by atoms with van der Waals surface area (Å²) in [6.45, 7) is 0. The van der Waals surface area contributed by atoms with Crippen LogP contribution in [0, 0.1) is 0 Å². The van der Waals surface area contributed by atoms with Crippen LogP contribution in [0.15, 0.2) is 36.4 Å². The number of ether oxygens (including phenoxy) is 2. The van der Waals surface area contributed by atoms with E-state index >= 15 is 0 Å². The minimum Gasteiger partial charge on any atom is -0.493 e. The Bertz CT molecular complexity index is 768. The van der Waals surface area contributed by atoms with Gasteiger partial charge in [-0.1, -0.05) is 29.3 Å². The molecule has 0 saturated carbocycles. The number of amides is 1. The molecular weight excluding hydrogens is 351 g/mol. The molecule has 2 rings (SSSR count). The lowest BCUT2D eigenvalue weighted by Crippen LogP contribution is -2.08. The van der Waals surface area contributed by atoms with Crippen molar-refractivity contribution < 1.29 is 14.3 Å². The molecule has 0 saturated heterocycles. The zero-order valence-corrected chi connectivity index (χ0v) is 14.6. The maximum Gasteiger partial charge on any atom is 0.248 e. The van der Waals surface area contributed by atoms with Gasteiger partial charge in [0.2, 0.25) is 5.91 Å². The van der Waals surface area contributed by atoms with Gasteiger partial charge in [0.25, 0.3) is 0 Å². The Morgan fingerprint density at radius 3 is 2.29 bits per heavy atom. The summed E-state index contributed by atoms with van der Waals surface area (Å²) in [5.74, 6) is 0.865. The number of carbonyl (C=O) groups is 1. The zero-order chi connectivity index (χ0) is 17.7. The fourth-order valence-electron chi connectivity index (χ4n) is 1.97. The van der Waals surface area contributed by atoms with Crippen molar-refractivity contribution >= 4 is 46.6 Å². The molecule has 3 N–H and O–H groups in total. The lowest BCUT2D eigenvalue weighted by atomic mass is 10.2. The average Bonchev–Trinajstić information content (AvgIpc) is 2.57. The van der Waals surface area contributed by atoms with Crippen LogP contribution in [0.2, 0.25) is 10.0 Å². The molecule has 0 aliphatic carbocycles. The largest absolute Gasteiger partial charge is 0.493 e. The van der Waals surface area contributed by atoms with Crippen molar-refractivity contribution in [1.82, 2.24) is 0 Å². The highest BCUT2D eigenvalue weighted by Gasteiger charge is 2.07. The van der Waals surface area contributed by atoms with E-state index < -0.39 is 0 Å². The highest BCUT2D eigenvalue weighted by molar-refractivity contribution is 6.39. The van der Waals surface area contributed by atoms with E-state index in [2.05, 4.69) is 5.32 Å². The molecule has 0 aliphatic heterocycles. The van der Waals surface area contributed by atoms with Gasteiger partial charge in [0.15, 0.2) is 11.5 Å². The predicted octanol–water partition coefficient (Wildman–Crippen LogP) is 4.24. The highest BCUT2D eigenvalue weighted by atomic mass is 35.5. The molecule has 0 fully saturated rings. The van der Waals surface area contributed by atoms with Gasteiger partial charge >= 0.3 is 0 Å². The third kappa shape index (κ3) is 4.34. The predicted molar refractivity (Wildman–Crippen MR) is 98.1 cm³/mol. The molecule has 2 aromatic rings. The van der Waals surface area contributed by atoms with Crippen molar-refractivity contribution in [2.45, 2.75) is 0 Å². The molecule has 0 radical (unpaired) electrons. The Hall–Kier alpha value is -2.37. The van der Waals surface area contributed by atoms with Gasteiger partial charge in [-0.25, -0.2) is 0 Å². The normalized spacial score (nSPS) is 10.7. The number of rotatable bonds is 5. The van der Waals surface area contributed by atoms with Gasteiger partial charge in [-0.05, 0) is 35.9 Å². The molecule has 0 heterocycles. The number of hydrogen-bond donors (Lipinski definition) is 2. The number of nitrogens with one attached hydrogen (secondary N) is 1. The highest BCUT2D eigenvalue weighted by Crippen LogP contribution is 2.31. The van der Waals surface area contributed by atoms with Gasteiger partial charge in [-0.15, -0.1) is 0 Å². The molecule has 0 atom stereocenters. The second-order valence-corrected chi connectivity index (χ2v) is 5.60. The van der Waals surface area contributed by atoms with Gasteiger partial charge in [0.05, 0.1) is 30.0 Å². The van der Waals surface area contributed by atoms with Crippen LogP contribution in [0.3, 0.4) is 0 Å². The molecule has 7 heteroatoms. The lowest BCUT2D eigenvalue weighted by molar-refractivity contribution is -0.111. The summed E-state index contributed by atoms with van der Waals surface area (Å²) in [5.41, 5.74) is 7.18. The zero-order valence-electron chi connectivity index (χ0n) is 13.1. The van der Waals surface area contributed by atoms with E-state index in [1.54, 1.807) is 32.4 Å². The van der Waals surface area contributed by atoms with Crippen molar-refractivity contribution in [1.29, 1.82) is 0 Å². The van der Waals surface area contributed by atoms with Crippen LogP contribution in [0.1, 0.15) is 5.56 Å². The Kier molecular flexibility index (Phi) is 5.95. The summed E-state index contributed by atoms with van der Waals surface area (Å²) < 4.78 is 10.4. The van der Waals surface area contributed by atoms with Crippen molar-refractivity contribution in [3.63, 3.8) is 0 Å². The second-order valence-electron chi connectivity index (χ2n) is 4.79. The van der Waals surface area contributed by atoms with Crippen LogP contribution in [-0.2, 0) is 4.79 Å². The fourth-order valence-corrected chi connectivity index (χ4v) is 2.46. The number of nitrogen functional groups attached to an aromatic ring is 1. The number of carbonyl (C=O) groups excluding carboxylic acids is 1. The smallest absolute Gasteiger partial charge is 0.248 e. The molecule has 24 heavy (non-hydrogen) atoms. The number of benzene rings is 2. The van der Waals surface area contributed by atoms with E-state index in [0.717, 1.165) is 5.56 Å². The Labute approximate surface area is 150 Å². The standard InChI is InChI=1S/C17H16Cl2N2O3/c1-23-14-5-3-10(7-15(14)24-2)4-6-16(22)21-11-8-12(18)17(20)13(19)9-11/h3-9H,20H2,1-2H3,(H,21,22)/b6-4+. The van der Waals surface area contributed by atoms with E-state index in [1.807, 2.05) is 6.07 Å². The summed E-state index contributed by atoms with van der Waals surface area (Å²) in [6, 6.07) is 8.40. The summed E-state index contributed by atoms with van der Waals surface area (Å²) in [7, 11) is 3.11. The number of hydrogen-bond acceptors (Lipinski definition) is 4. The average molecular weight is 367 g/mol. The maximum atomic E-state index is 12.0. The second kappa shape index (κ2) is 7.95. The topological polar surface area (TPSA) is 73.6 Å². The number of nitrogens with two attached hydrogens (primary N) is 1. The van der Waals surface area contributed by atoms with Gasteiger partial charge in [-0.2, -0.15) is 0 Å². The van der Waals surface area contributed by atoms with E-state index in [1.165, 1.54) is 18.2 Å². The quantitative estimate of drug-likeness (QED) is 0.612. The van der Waals surface area contributed by atoms with Gasteiger partial charge in [-0.3, -0.25) is 4.79 Å². The van der Waals surface area contributed by atoms with Crippen molar-refractivity contribution in [3.05, 3.63) is 52.0 Å². The summed E-state index contributed by atoms with van der Waals surface area (Å²) in [4.78, 5) is 12.0. The van der Waals surface area contributed by atoms with Crippen molar-refractivity contribution in [3.8, 4) is 11.5 Å². The van der Waals surface area contributed by atoms with Crippen molar-refractivity contribution in [2.24, 2.45) is 0 Å². The SMILES string of the molecule is COc1ccc(/C=C/C(=O)Nc2cc(Cl)c(N)c(Cl)c2)cc1OC. The van der Waals surface area contributed by atoms with Gasteiger partial charge in [0, 0.05) is 11.8 Å². The number of methoxy groups -OCH3 is 2. The summed E-state index contributed by atoms with van der Waals surface area (Å²) in [6.07, 6.45) is 3.04. The van der Waals surface area contributed by atoms with Crippen LogP contribution in [-0.4, -0.2) is 20.1 Å². The Balaban J connectivity index is 2.11. The van der Waals surface area contributed by atoms with Gasteiger partial charge < -0.3 is 20.5 Å². The van der Waals surface area contributed by atoms with Crippen LogP contribution in [0.4, 0.5) is 11.4 Å².